The standard InChI is InChI=1S/C31H46FN3O3S/c1-8-21(4)19-39-25(20(2)3)23-13-11-22(12-14-23)18-33-27(36)24-10-9-17-35(24)28(37)26(30(5,6)7)34-29(38)31(32)15-16-31/h11,13,19,24,26H,8-10,12,14-18H2,1-7H3,(H,33,36)(H,34,38). The summed E-state index contributed by atoms with van der Waals surface area (Å²) in [7, 11) is 0. The van der Waals surface area contributed by atoms with E-state index in [-0.39, 0.29) is 24.7 Å². The van der Waals surface area contributed by atoms with Gasteiger partial charge in [0.05, 0.1) is 0 Å². The van der Waals surface area contributed by atoms with E-state index in [1.165, 1.54) is 21.6 Å². The zero-order chi connectivity index (χ0) is 29.0. The predicted molar refractivity (Wildman–Crippen MR) is 158 cm³/mol. The molecule has 2 aliphatic carbocycles. The number of allylic oxidation sites excluding steroid dienone is 5. The monoisotopic (exact) mass is 559 g/mol. The lowest BCUT2D eigenvalue weighted by molar-refractivity contribution is -0.144. The van der Waals surface area contributed by atoms with E-state index in [0.29, 0.717) is 25.9 Å². The number of carbonyl (C=O) groups excluding carboxylic acids is 3. The van der Waals surface area contributed by atoms with Gasteiger partial charge in [-0.2, -0.15) is 0 Å². The fourth-order valence-electron chi connectivity index (χ4n) is 4.81. The van der Waals surface area contributed by atoms with E-state index in [9.17, 15) is 18.8 Å². The smallest absolute Gasteiger partial charge is 0.258 e. The molecule has 0 aromatic heterocycles. The molecule has 8 heteroatoms. The molecular formula is C31H46FN3O3S. The second kappa shape index (κ2) is 12.9. The number of nitrogens with zero attached hydrogens (tertiary/aromatic N) is 1. The molecular weight excluding hydrogens is 513 g/mol. The summed E-state index contributed by atoms with van der Waals surface area (Å²) in [5.74, 6) is -1.22. The van der Waals surface area contributed by atoms with Crippen LogP contribution in [0.25, 0.3) is 0 Å². The van der Waals surface area contributed by atoms with E-state index in [2.05, 4.69) is 55.9 Å². The number of thioether (sulfide) groups is 1. The van der Waals surface area contributed by atoms with Crippen LogP contribution in [-0.4, -0.2) is 53.5 Å². The zero-order valence-corrected chi connectivity index (χ0v) is 25.5. The summed E-state index contributed by atoms with van der Waals surface area (Å²) in [6, 6.07) is -1.48. The van der Waals surface area contributed by atoms with Crippen LogP contribution in [0.5, 0.6) is 0 Å². The quantitative estimate of drug-likeness (QED) is 0.338. The molecule has 2 fully saturated rings. The van der Waals surface area contributed by atoms with Crippen LogP contribution in [0.3, 0.4) is 0 Å². The highest BCUT2D eigenvalue weighted by molar-refractivity contribution is 8.06. The molecule has 1 aliphatic heterocycles. The van der Waals surface area contributed by atoms with Crippen molar-refractivity contribution in [3.8, 4) is 0 Å². The normalized spacial score (nSPS) is 21.5. The van der Waals surface area contributed by atoms with Gasteiger partial charge in [0.1, 0.15) is 12.1 Å². The summed E-state index contributed by atoms with van der Waals surface area (Å²) in [6.07, 6.45) is 8.77. The van der Waals surface area contributed by atoms with Crippen LogP contribution in [0.15, 0.2) is 44.8 Å². The molecule has 0 aromatic carbocycles. The minimum absolute atomic E-state index is 0.180. The molecule has 3 aliphatic rings. The molecule has 2 unspecified atom stereocenters. The van der Waals surface area contributed by atoms with Crippen LogP contribution in [-0.2, 0) is 14.4 Å². The van der Waals surface area contributed by atoms with Crippen LogP contribution in [0.1, 0.15) is 93.4 Å². The highest BCUT2D eigenvalue weighted by Gasteiger charge is 2.53. The van der Waals surface area contributed by atoms with Gasteiger partial charge >= 0.3 is 0 Å². The number of rotatable bonds is 10. The van der Waals surface area contributed by atoms with Crippen LogP contribution in [0.2, 0.25) is 0 Å². The van der Waals surface area contributed by atoms with Gasteiger partial charge in [-0.25, -0.2) is 4.39 Å². The third-order valence-electron chi connectivity index (χ3n) is 7.73. The highest BCUT2D eigenvalue weighted by Crippen LogP contribution is 2.40. The Kier molecular flexibility index (Phi) is 10.3. The third kappa shape index (κ3) is 8.09. The predicted octanol–water partition coefficient (Wildman–Crippen LogP) is 6.11. The number of carbonyl (C=O) groups is 3. The maximum Gasteiger partial charge on any atom is 0.258 e. The lowest BCUT2D eigenvalue weighted by atomic mass is 9.85. The Morgan fingerprint density at radius 2 is 1.87 bits per heavy atom. The van der Waals surface area contributed by atoms with E-state index >= 15 is 0 Å². The second-order valence-electron chi connectivity index (χ2n) is 12.4. The van der Waals surface area contributed by atoms with Crippen molar-refractivity contribution in [2.24, 2.45) is 5.41 Å². The van der Waals surface area contributed by atoms with E-state index in [4.69, 9.17) is 0 Å². The van der Waals surface area contributed by atoms with Gasteiger partial charge in [-0.1, -0.05) is 68.3 Å². The molecule has 0 spiro atoms. The molecule has 2 atom stereocenters. The molecule has 1 heterocycles. The van der Waals surface area contributed by atoms with Crippen LogP contribution in [0.4, 0.5) is 4.39 Å². The van der Waals surface area contributed by atoms with Gasteiger partial charge in [-0.15, -0.1) is 0 Å². The number of nitrogens with one attached hydrogen (secondary N) is 2. The molecule has 0 aromatic rings. The molecule has 1 saturated carbocycles. The van der Waals surface area contributed by atoms with Crippen molar-refractivity contribution < 1.29 is 18.8 Å². The van der Waals surface area contributed by atoms with Gasteiger partial charge in [0, 0.05) is 18.0 Å². The van der Waals surface area contributed by atoms with Crippen molar-refractivity contribution in [2.75, 3.05) is 13.1 Å². The molecule has 2 N–H and O–H groups in total. The first kappa shape index (κ1) is 31.2. The van der Waals surface area contributed by atoms with E-state index in [0.717, 1.165) is 24.8 Å². The van der Waals surface area contributed by atoms with Crippen molar-refractivity contribution in [1.82, 2.24) is 15.5 Å². The maximum atomic E-state index is 14.3. The Morgan fingerprint density at radius 1 is 1.18 bits per heavy atom. The first-order chi connectivity index (χ1) is 18.3. The van der Waals surface area contributed by atoms with E-state index < -0.39 is 29.1 Å². The molecule has 216 valence electrons. The Bertz CT molecular complexity index is 1090. The third-order valence-corrected chi connectivity index (χ3v) is 9.16. The number of hydrogen-bond acceptors (Lipinski definition) is 4. The SMILES string of the molecule is CCC(C)=CSC(C1=CC=C(CNC(=O)C2CCCN2C(=O)C(NC(=O)C2(F)CC2)C(C)(C)C)CC1)=C(C)C. The Labute approximate surface area is 238 Å². The largest absolute Gasteiger partial charge is 0.351 e. The fourth-order valence-corrected chi connectivity index (χ4v) is 5.85. The lowest BCUT2D eigenvalue weighted by Crippen LogP contribution is -2.59. The van der Waals surface area contributed by atoms with Gasteiger partial charge < -0.3 is 15.5 Å². The van der Waals surface area contributed by atoms with Gasteiger partial charge in [-0.05, 0) is 82.1 Å². The molecule has 39 heavy (non-hydrogen) atoms. The number of halogens is 1. The summed E-state index contributed by atoms with van der Waals surface area (Å²) in [4.78, 5) is 42.0. The minimum atomic E-state index is -1.86. The van der Waals surface area contributed by atoms with Crippen molar-refractivity contribution in [1.29, 1.82) is 0 Å². The highest BCUT2D eigenvalue weighted by atomic mass is 32.2. The van der Waals surface area contributed by atoms with Crippen molar-refractivity contribution in [2.45, 2.75) is 111 Å². The molecule has 6 nitrogen and oxygen atoms in total. The van der Waals surface area contributed by atoms with E-state index in [1.54, 1.807) is 16.7 Å². The van der Waals surface area contributed by atoms with Gasteiger partial charge in [-0.3, -0.25) is 14.4 Å². The molecule has 0 bridgehead atoms. The Balaban J connectivity index is 1.62. The fraction of sp³-hybridized carbons (Fsp3) is 0.645. The maximum absolute atomic E-state index is 14.3. The van der Waals surface area contributed by atoms with Crippen LogP contribution < -0.4 is 10.6 Å². The van der Waals surface area contributed by atoms with Gasteiger partial charge in [0.25, 0.3) is 5.91 Å². The number of hydrogen-bond donors (Lipinski definition) is 2. The number of amides is 3. The van der Waals surface area contributed by atoms with Crippen LogP contribution >= 0.6 is 11.8 Å². The summed E-state index contributed by atoms with van der Waals surface area (Å²) in [5.41, 5.74) is 2.65. The number of alkyl halides is 1. The van der Waals surface area contributed by atoms with Crippen molar-refractivity contribution in [3.05, 3.63) is 44.8 Å². The number of likely N-dealkylation sites (tertiary alicyclic amines) is 1. The first-order valence-electron chi connectivity index (χ1n) is 14.2. The summed E-state index contributed by atoms with van der Waals surface area (Å²) >= 11 is 1.79. The Hall–Kier alpha value is -2.35. The van der Waals surface area contributed by atoms with Crippen molar-refractivity contribution >= 4 is 29.5 Å². The van der Waals surface area contributed by atoms with Crippen molar-refractivity contribution in [3.63, 3.8) is 0 Å². The average molecular weight is 560 g/mol. The molecule has 1 saturated heterocycles. The Morgan fingerprint density at radius 3 is 2.41 bits per heavy atom. The van der Waals surface area contributed by atoms with Gasteiger partial charge in [0.15, 0.2) is 5.67 Å². The molecule has 3 amide bonds. The molecule has 0 radical (unpaired) electrons. The minimum Gasteiger partial charge on any atom is -0.351 e. The zero-order valence-electron chi connectivity index (χ0n) is 24.7. The molecule has 3 rings (SSSR count). The topological polar surface area (TPSA) is 78.5 Å². The summed E-state index contributed by atoms with van der Waals surface area (Å²) < 4.78 is 14.3. The summed E-state index contributed by atoms with van der Waals surface area (Å²) in [5, 5.41) is 7.93. The van der Waals surface area contributed by atoms with E-state index in [1.807, 2.05) is 20.8 Å². The van der Waals surface area contributed by atoms with Crippen LogP contribution in [0, 0.1) is 5.41 Å². The first-order valence-corrected chi connectivity index (χ1v) is 15.1. The summed E-state index contributed by atoms with van der Waals surface area (Å²) in [6.45, 7) is 15.0. The second-order valence-corrected chi connectivity index (χ2v) is 13.3. The van der Waals surface area contributed by atoms with Gasteiger partial charge in [0.2, 0.25) is 11.8 Å². The average Bonchev–Trinajstić information content (AvgIpc) is 3.44. The lowest BCUT2D eigenvalue weighted by Gasteiger charge is -2.35.